The summed E-state index contributed by atoms with van der Waals surface area (Å²) >= 11 is 6.35. The lowest BCUT2D eigenvalue weighted by atomic mass is 9.95. The monoisotopic (exact) mass is 572 g/mol. The molecule has 0 fully saturated rings. The predicted molar refractivity (Wildman–Crippen MR) is 157 cm³/mol. The second-order valence-electron chi connectivity index (χ2n) is 11.6. The summed E-state index contributed by atoms with van der Waals surface area (Å²) in [5.74, 6) is 0.00489. The molecule has 0 unspecified atom stereocenters. The van der Waals surface area contributed by atoms with Gasteiger partial charge in [-0.15, -0.1) is 0 Å². The van der Waals surface area contributed by atoms with Crippen molar-refractivity contribution in [2.75, 3.05) is 26.2 Å². The van der Waals surface area contributed by atoms with Crippen LogP contribution in [0, 0.1) is 0 Å². The van der Waals surface area contributed by atoms with Gasteiger partial charge in [-0.2, -0.15) is 0 Å². The number of hydrogen-bond donors (Lipinski definition) is 0. The maximum Gasteiger partial charge on any atom is 0.410 e. The number of ether oxygens (including phenoxy) is 2. The Bertz CT molecular complexity index is 1500. The van der Waals surface area contributed by atoms with Gasteiger partial charge in [0.2, 0.25) is 5.28 Å². The van der Waals surface area contributed by atoms with Crippen LogP contribution in [-0.4, -0.2) is 63.8 Å². The fraction of sp³-hybridized carbons (Fsp3) is 0.375. The normalized spacial score (nSPS) is 16.4. The molecule has 9 heteroatoms. The molecule has 212 valence electrons. The second-order valence-corrected chi connectivity index (χ2v) is 12.0. The van der Waals surface area contributed by atoms with E-state index in [1.807, 2.05) is 51.1 Å². The maximum atomic E-state index is 13.2. The predicted octanol–water partition coefficient (Wildman–Crippen LogP) is 6.46. The molecule has 0 saturated heterocycles. The van der Waals surface area contributed by atoms with Gasteiger partial charge in [-0.25, -0.2) is 19.6 Å². The van der Waals surface area contributed by atoms with Gasteiger partial charge in [-0.1, -0.05) is 54.6 Å². The summed E-state index contributed by atoms with van der Waals surface area (Å²) in [6.45, 7) is 7.62. The van der Waals surface area contributed by atoms with Gasteiger partial charge in [0.1, 0.15) is 12.2 Å². The highest BCUT2D eigenvalue weighted by atomic mass is 35.5. The van der Waals surface area contributed by atoms with Gasteiger partial charge in [0.25, 0.3) is 0 Å². The molecule has 2 aliphatic heterocycles. The Morgan fingerprint density at radius 3 is 2.22 bits per heavy atom. The highest BCUT2D eigenvalue weighted by Gasteiger charge is 2.32. The van der Waals surface area contributed by atoms with Crippen LogP contribution in [0.4, 0.5) is 9.59 Å². The van der Waals surface area contributed by atoms with Crippen molar-refractivity contribution in [3.05, 3.63) is 88.0 Å². The highest BCUT2D eigenvalue weighted by Crippen LogP contribution is 2.44. The first-order chi connectivity index (χ1) is 19.7. The van der Waals surface area contributed by atoms with E-state index in [1.165, 1.54) is 22.3 Å². The van der Waals surface area contributed by atoms with Gasteiger partial charge in [-0.3, -0.25) is 0 Å². The van der Waals surface area contributed by atoms with Crippen molar-refractivity contribution in [3.63, 3.8) is 0 Å². The number of halogens is 1. The third kappa shape index (κ3) is 5.53. The number of nitrogens with zero attached hydrogens (tertiary/aromatic N) is 4. The molecule has 0 N–H and O–H groups in total. The van der Waals surface area contributed by atoms with Crippen LogP contribution in [0.2, 0.25) is 5.28 Å². The minimum Gasteiger partial charge on any atom is -0.448 e. The summed E-state index contributed by atoms with van der Waals surface area (Å²) in [7, 11) is 0. The minimum absolute atomic E-state index is 0.00489. The van der Waals surface area contributed by atoms with Gasteiger partial charge in [0, 0.05) is 31.1 Å². The first-order valence-corrected chi connectivity index (χ1v) is 14.4. The highest BCUT2D eigenvalue weighted by molar-refractivity contribution is 6.28. The Morgan fingerprint density at radius 2 is 1.59 bits per heavy atom. The van der Waals surface area contributed by atoms with Crippen LogP contribution < -0.4 is 0 Å². The number of amides is 2. The summed E-state index contributed by atoms with van der Waals surface area (Å²) in [6.07, 6.45) is 2.55. The van der Waals surface area contributed by atoms with Crippen molar-refractivity contribution in [2.45, 2.75) is 51.7 Å². The molecule has 1 aliphatic carbocycles. The average Bonchev–Trinajstić information content (AvgIpc) is 3.28. The molecule has 0 bridgehead atoms. The Labute approximate surface area is 244 Å². The molecule has 0 spiro atoms. The average molecular weight is 573 g/mol. The van der Waals surface area contributed by atoms with Crippen molar-refractivity contribution < 1.29 is 19.1 Å². The smallest absolute Gasteiger partial charge is 0.410 e. The number of benzene rings is 2. The molecule has 0 atom stereocenters. The largest absolute Gasteiger partial charge is 0.448 e. The molecule has 1 aromatic heterocycles. The van der Waals surface area contributed by atoms with Crippen molar-refractivity contribution in [1.82, 2.24) is 19.8 Å². The summed E-state index contributed by atoms with van der Waals surface area (Å²) in [6, 6.07) is 16.6. The third-order valence-corrected chi connectivity index (χ3v) is 7.97. The number of rotatable bonds is 3. The van der Waals surface area contributed by atoms with Crippen LogP contribution in [0.15, 0.2) is 54.6 Å². The Hall–Kier alpha value is -3.91. The van der Waals surface area contributed by atoms with Gasteiger partial charge in [0.15, 0.2) is 0 Å². The van der Waals surface area contributed by atoms with E-state index in [1.54, 1.807) is 9.80 Å². The molecule has 2 aromatic carbocycles. The van der Waals surface area contributed by atoms with Crippen molar-refractivity contribution in [1.29, 1.82) is 0 Å². The zero-order chi connectivity index (χ0) is 28.7. The van der Waals surface area contributed by atoms with E-state index in [2.05, 4.69) is 34.2 Å². The van der Waals surface area contributed by atoms with Crippen LogP contribution in [0.25, 0.3) is 16.7 Å². The number of fused-ring (bicyclic) bond motifs is 4. The number of carbonyl (C=O) groups is 2. The lowest BCUT2D eigenvalue weighted by Gasteiger charge is -2.31. The van der Waals surface area contributed by atoms with Crippen molar-refractivity contribution in [3.8, 4) is 11.1 Å². The molecular formula is C32H33ClN4O4. The third-order valence-electron chi connectivity index (χ3n) is 7.80. The van der Waals surface area contributed by atoms with Crippen molar-refractivity contribution in [2.24, 2.45) is 0 Å². The molecule has 2 amide bonds. The zero-order valence-electron chi connectivity index (χ0n) is 23.5. The van der Waals surface area contributed by atoms with Crippen LogP contribution in [-0.2, 0) is 22.4 Å². The molecule has 0 radical (unpaired) electrons. The summed E-state index contributed by atoms with van der Waals surface area (Å²) in [5, 5.41) is 0.142. The van der Waals surface area contributed by atoms with Crippen molar-refractivity contribution >= 4 is 29.4 Å². The van der Waals surface area contributed by atoms with Gasteiger partial charge in [-0.05, 0) is 73.0 Å². The number of hydrogen-bond acceptors (Lipinski definition) is 6. The van der Waals surface area contributed by atoms with Crippen LogP contribution in [0.1, 0.15) is 61.2 Å². The lowest BCUT2D eigenvalue weighted by molar-refractivity contribution is 0.0270. The SMILES string of the molecule is CC(C)(C)OC(=O)N1CC=C(c2nc(Cl)nc3c2CCN(C(=O)OCC2c4ccccc4-c4ccccc42)C3)CC1. The molecule has 3 heterocycles. The first kappa shape index (κ1) is 27.3. The van der Waals surface area contributed by atoms with Crippen LogP contribution in [0.5, 0.6) is 0 Å². The summed E-state index contributed by atoms with van der Waals surface area (Å²) < 4.78 is 11.4. The summed E-state index contributed by atoms with van der Waals surface area (Å²) in [4.78, 5) is 38.1. The molecule has 8 nitrogen and oxygen atoms in total. The molecule has 0 saturated carbocycles. The fourth-order valence-electron chi connectivity index (χ4n) is 5.88. The standard InChI is InChI=1S/C32H33ClN4O4/c1-32(2,3)41-31(39)36-15-12-20(13-16-36)28-25-14-17-37(18-27(25)34-29(33)35-28)30(38)40-19-26-23-10-6-4-8-21(23)22-9-5-7-11-24(22)26/h4-12,26H,13-19H2,1-3H3. The number of aromatic nitrogens is 2. The Balaban J connectivity index is 1.14. The Kier molecular flexibility index (Phi) is 7.20. The molecular weight excluding hydrogens is 540 g/mol. The molecule has 3 aliphatic rings. The van der Waals surface area contributed by atoms with Gasteiger partial charge in [0.05, 0.1) is 17.9 Å². The van der Waals surface area contributed by atoms with E-state index in [0.717, 1.165) is 22.5 Å². The quantitative estimate of drug-likeness (QED) is 0.335. The van der Waals surface area contributed by atoms with E-state index in [4.69, 9.17) is 21.1 Å². The van der Waals surface area contributed by atoms with E-state index in [0.29, 0.717) is 39.0 Å². The number of carbonyl (C=O) groups excluding carboxylic acids is 2. The lowest BCUT2D eigenvalue weighted by Crippen LogP contribution is -2.39. The Morgan fingerprint density at radius 1 is 0.927 bits per heavy atom. The van der Waals surface area contributed by atoms with Gasteiger partial charge < -0.3 is 19.3 Å². The zero-order valence-corrected chi connectivity index (χ0v) is 24.3. The first-order valence-electron chi connectivity index (χ1n) is 14.0. The van der Waals surface area contributed by atoms with Crippen LogP contribution >= 0.6 is 11.6 Å². The molecule has 6 rings (SSSR count). The second kappa shape index (κ2) is 10.8. The topological polar surface area (TPSA) is 84.9 Å². The van der Waals surface area contributed by atoms with E-state index in [9.17, 15) is 9.59 Å². The van der Waals surface area contributed by atoms with Crippen LogP contribution in [0.3, 0.4) is 0 Å². The van der Waals surface area contributed by atoms with E-state index in [-0.39, 0.29) is 30.0 Å². The molecule has 3 aromatic rings. The van der Waals surface area contributed by atoms with Gasteiger partial charge >= 0.3 is 12.2 Å². The summed E-state index contributed by atoms with van der Waals surface area (Å²) in [5.41, 5.74) is 7.77. The van der Waals surface area contributed by atoms with E-state index < -0.39 is 5.60 Å². The minimum atomic E-state index is -0.542. The molecule has 41 heavy (non-hydrogen) atoms. The van der Waals surface area contributed by atoms with E-state index >= 15 is 0 Å². The maximum absolute atomic E-state index is 13.2. The fourth-order valence-corrected chi connectivity index (χ4v) is 6.07.